The molecule has 2 N–H and O–H groups in total. The second kappa shape index (κ2) is 6.35. The lowest BCUT2D eigenvalue weighted by Crippen LogP contribution is -2.25. The van der Waals surface area contributed by atoms with Crippen molar-refractivity contribution in [3.8, 4) is 11.5 Å². The molecule has 0 fully saturated rings. The van der Waals surface area contributed by atoms with Crippen LogP contribution in [0.15, 0.2) is 85.5 Å². The molecule has 0 saturated heterocycles. The van der Waals surface area contributed by atoms with E-state index in [9.17, 15) is 10.2 Å². The molecule has 2 heteroatoms. The summed E-state index contributed by atoms with van der Waals surface area (Å²) in [7, 11) is 0. The first kappa shape index (κ1) is 15.6. The van der Waals surface area contributed by atoms with Crippen LogP contribution in [0.25, 0.3) is 0 Å². The van der Waals surface area contributed by atoms with Gasteiger partial charge in [0.15, 0.2) is 0 Å². The molecule has 0 bridgehead atoms. The van der Waals surface area contributed by atoms with Crippen molar-refractivity contribution in [2.75, 3.05) is 0 Å². The fourth-order valence-corrected chi connectivity index (χ4v) is 2.66. The molecule has 0 atom stereocenters. The molecule has 0 radical (unpaired) electrons. The van der Waals surface area contributed by atoms with Gasteiger partial charge in [-0.05, 0) is 47.9 Å². The van der Waals surface area contributed by atoms with E-state index in [0.717, 1.165) is 16.7 Å². The van der Waals surface area contributed by atoms with Crippen molar-refractivity contribution < 1.29 is 10.2 Å². The van der Waals surface area contributed by atoms with Crippen LogP contribution in [-0.4, -0.2) is 10.2 Å². The maximum absolute atomic E-state index is 9.54. The third kappa shape index (κ3) is 2.82. The van der Waals surface area contributed by atoms with E-state index >= 15 is 0 Å². The average molecular weight is 292 g/mol. The largest absolute Gasteiger partial charge is 0.508 e. The fourth-order valence-electron chi connectivity index (χ4n) is 2.66. The van der Waals surface area contributed by atoms with Crippen molar-refractivity contribution in [2.45, 2.75) is 12.3 Å². The molecule has 2 aromatic rings. The molecule has 0 amide bonds. The highest BCUT2D eigenvalue weighted by molar-refractivity contribution is 5.53. The Labute approximate surface area is 131 Å². The summed E-state index contributed by atoms with van der Waals surface area (Å²) < 4.78 is 0. The van der Waals surface area contributed by atoms with E-state index in [1.54, 1.807) is 36.4 Å². The van der Waals surface area contributed by atoms with Gasteiger partial charge in [-0.15, -0.1) is 0 Å². The molecule has 0 spiro atoms. The van der Waals surface area contributed by atoms with Crippen LogP contribution in [0.4, 0.5) is 0 Å². The number of allylic oxidation sites excluding steroid dienone is 4. The Morgan fingerprint density at radius 1 is 0.864 bits per heavy atom. The minimum absolute atomic E-state index is 0.227. The molecule has 2 nitrogen and oxygen atoms in total. The van der Waals surface area contributed by atoms with Crippen molar-refractivity contribution >= 4 is 0 Å². The third-order valence-corrected chi connectivity index (χ3v) is 3.98. The highest BCUT2D eigenvalue weighted by Crippen LogP contribution is 2.40. The summed E-state index contributed by atoms with van der Waals surface area (Å²) in [5.41, 5.74) is 2.56. The number of aromatic hydroxyl groups is 2. The van der Waals surface area contributed by atoms with Crippen LogP contribution in [0.3, 0.4) is 0 Å². The lowest BCUT2D eigenvalue weighted by Gasteiger charge is -2.32. The Morgan fingerprint density at radius 3 is 1.59 bits per heavy atom. The highest BCUT2D eigenvalue weighted by Gasteiger charge is 2.31. The number of hydrogen-bond acceptors (Lipinski definition) is 2. The Hall–Kier alpha value is -2.74. The SMILES string of the molecule is C=CC=C(C=C)C(C)(c1ccc(O)cc1)c1ccc(O)cc1. The van der Waals surface area contributed by atoms with Gasteiger partial charge in [-0.2, -0.15) is 0 Å². The lowest BCUT2D eigenvalue weighted by atomic mass is 9.70. The van der Waals surface area contributed by atoms with Crippen LogP contribution in [-0.2, 0) is 5.41 Å². The van der Waals surface area contributed by atoms with E-state index in [4.69, 9.17) is 0 Å². The topological polar surface area (TPSA) is 40.5 Å². The maximum atomic E-state index is 9.54. The first-order valence-corrected chi connectivity index (χ1v) is 7.07. The van der Waals surface area contributed by atoms with Gasteiger partial charge in [0, 0.05) is 5.41 Å². The molecule has 0 aromatic heterocycles. The van der Waals surface area contributed by atoms with Gasteiger partial charge < -0.3 is 10.2 Å². The minimum atomic E-state index is -0.461. The molecule has 112 valence electrons. The average Bonchev–Trinajstić information content (AvgIpc) is 2.53. The third-order valence-electron chi connectivity index (χ3n) is 3.98. The molecule has 0 unspecified atom stereocenters. The normalized spacial score (nSPS) is 12.0. The molecule has 22 heavy (non-hydrogen) atoms. The van der Waals surface area contributed by atoms with Crippen LogP contribution >= 0.6 is 0 Å². The van der Waals surface area contributed by atoms with Gasteiger partial charge >= 0.3 is 0 Å². The molecule has 2 rings (SSSR count). The van der Waals surface area contributed by atoms with E-state index in [0.29, 0.717) is 0 Å². The number of phenolic OH excluding ortho intramolecular Hbond substituents is 2. The quantitative estimate of drug-likeness (QED) is 0.784. The molecule has 0 aliphatic rings. The van der Waals surface area contributed by atoms with E-state index < -0.39 is 5.41 Å². The van der Waals surface area contributed by atoms with Crippen molar-refractivity contribution in [3.63, 3.8) is 0 Å². The Balaban J connectivity index is 2.70. The Morgan fingerprint density at radius 2 is 1.27 bits per heavy atom. The maximum Gasteiger partial charge on any atom is 0.115 e. The molecule has 0 aliphatic carbocycles. The summed E-state index contributed by atoms with van der Waals surface area (Å²) in [5.74, 6) is 0.453. The Kier molecular flexibility index (Phi) is 4.52. The molecule has 2 aromatic carbocycles. The summed E-state index contributed by atoms with van der Waals surface area (Å²) in [4.78, 5) is 0. The zero-order valence-corrected chi connectivity index (χ0v) is 12.7. The van der Waals surface area contributed by atoms with E-state index in [1.165, 1.54) is 0 Å². The molecule has 0 aliphatic heterocycles. The van der Waals surface area contributed by atoms with Crippen LogP contribution in [0.5, 0.6) is 11.5 Å². The number of hydrogen-bond donors (Lipinski definition) is 2. The van der Waals surface area contributed by atoms with Crippen molar-refractivity contribution in [1.29, 1.82) is 0 Å². The van der Waals surface area contributed by atoms with Crippen molar-refractivity contribution in [2.24, 2.45) is 0 Å². The second-order valence-electron chi connectivity index (χ2n) is 5.28. The Bertz CT molecular complexity index is 646. The van der Waals surface area contributed by atoms with Gasteiger partial charge in [-0.25, -0.2) is 0 Å². The molecule has 0 heterocycles. The molecule has 0 saturated carbocycles. The van der Waals surface area contributed by atoms with Gasteiger partial charge in [0.2, 0.25) is 0 Å². The first-order valence-electron chi connectivity index (χ1n) is 7.07. The van der Waals surface area contributed by atoms with Crippen LogP contribution < -0.4 is 0 Å². The number of rotatable bonds is 5. The van der Waals surface area contributed by atoms with Gasteiger partial charge in [-0.3, -0.25) is 0 Å². The summed E-state index contributed by atoms with van der Waals surface area (Å²) in [6.07, 6.45) is 5.46. The zero-order chi connectivity index (χ0) is 16.2. The van der Waals surface area contributed by atoms with Gasteiger partial charge in [0.05, 0.1) is 0 Å². The lowest BCUT2D eigenvalue weighted by molar-refractivity contribution is 0.474. The predicted octanol–water partition coefficient (Wildman–Crippen LogP) is 4.70. The number of benzene rings is 2. The highest BCUT2D eigenvalue weighted by atomic mass is 16.3. The standard InChI is InChI=1S/C20H20O2/c1-4-6-15(5-2)20(3,16-7-11-18(21)12-8-16)17-9-13-19(22)14-10-17/h4-14,21-22H,1-2H2,3H3. The molecular formula is C20H20O2. The van der Waals surface area contributed by atoms with Crippen LogP contribution in [0, 0.1) is 0 Å². The monoisotopic (exact) mass is 292 g/mol. The zero-order valence-electron chi connectivity index (χ0n) is 12.7. The second-order valence-corrected chi connectivity index (χ2v) is 5.28. The fraction of sp³-hybridized carbons (Fsp3) is 0.100. The van der Waals surface area contributed by atoms with Crippen molar-refractivity contribution in [1.82, 2.24) is 0 Å². The van der Waals surface area contributed by atoms with Gasteiger partial charge in [-0.1, -0.05) is 55.7 Å². The summed E-state index contributed by atoms with van der Waals surface area (Å²) in [6.45, 7) is 9.78. The van der Waals surface area contributed by atoms with Crippen LogP contribution in [0.1, 0.15) is 18.1 Å². The summed E-state index contributed by atoms with van der Waals surface area (Å²) in [5, 5.41) is 19.1. The number of phenols is 2. The van der Waals surface area contributed by atoms with E-state index in [2.05, 4.69) is 20.1 Å². The summed E-state index contributed by atoms with van der Waals surface area (Å²) >= 11 is 0. The van der Waals surface area contributed by atoms with Crippen molar-refractivity contribution in [3.05, 3.63) is 96.6 Å². The molecular weight excluding hydrogens is 272 g/mol. The summed E-state index contributed by atoms with van der Waals surface area (Å²) in [6, 6.07) is 14.2. The van der Waals surface area contributed by atoms with Crippen LogP contribution in [0.2, 0.25) is 0 Å². The van der Waals surface area contributed by atoms with Gasteiger partial charge in [0.1, 0.15) is 11.5 Å². The van der Waals surface area contributed by atoms with Gasteiger partial charge in [0.25, 0.3) is 0 Å². The minimum Gasteiger partial charge on any atom is -0.508 e. The van der Waals surface area contributed by atoms with E-state index in [-0.39, 0.29) is 11.5 Å². The first-order chi connectivity index (χ1) is 10.5. The smallest absolute Gasteiger partial charge is 0.115 e. The predicted molar refractivity (Wildman–Crippen MR) is 91.1 cm³/mol. The van der Waals surface area contributed by atoms with E-state index in [1.807, 2.05) is 30.3 Å².